The van der Waals surface area contributed by atoms with Gasteiger partial charge in [-0.1, -0.05) is 6.92 Å². The number of likely N-dealkylation sites (tertiary alicyclic amines) is 1. The number of pyridine rings is 1. The van der Waals surface area contributed by atoms with Crippen molar-refractivity contribution < 1.29 is 4.74 Å². The molecule has 2 aliphatic heterocycles. The van der Waals surface area contributed by atoms with Gasteiger partial charge < -0.3 is 14.2 Å². The molecule has 0 amide bonds. The van der Waals surface area contributed by atoms with Crippen molar-refractivity contribution in [3.63, 3.8) is 0 Å². The molecule has 2 aromatic heterocycles. The number of likely N-dealkylation sites (N-methyl/N-ethyl adjacent to an activating group) is 1. The van der Waals surface area contributed by atoms with E-state index in [9.17, 15) is 0 Å². The third kappa shape index (κ3) is 3.00. The molecule has 5 heteroatoms. The first kappa shape index (κ1) is 15.1. The minimum Gasteiger partial charge on any atom is -0.381 e. The van der Waals surface area contributed by atoms with Gasteiger partial charge in [0, 0.05) is 38.4 Å². The van der Waals surface area contributed by atoms with Gasteiger partial charge in [0.25, 0.3) is 0 Å². The Kier molecular flexibility index (Phi) is 4.31. The second kappa shape index (κ2) is 6.57. The fourth-order valence-corrected chi connectivity index (χ4v) is 3.99. The largest absolute Gasteiger partial charge is 0.381 e. The van der Waals surface area contributed by atoms with Crippen LogP contribution in [0.4, 0.5) is 0 Å². The van der Waals surface area contributed by atoms with Crippen LogP contribution in [0.5, 0.6) is 0 Å². The van der Waals surface area contributed by atoms with E-state index in [1.807, 2.05) is 12.3 Å². The standard InChI is InChI=1S/C18H26N4O/c1-2-21-9-5-15(13-21)17-20-16-4-3-8-19-18(16)22(17)12-14-6-10-23-11-7-14/h3-4,8,14-15H,2,5-7,9-13H2,1H3. The van der Waals surface area contributed by atoms with Gasteiger partial charge in [0.05, 0.1) is 0 Å². The summed E-state index contributed by atoms with van der Waals surface area (Å²) in [6, 6.07) is 4.09. The first-order valence-electron chi connectivity index (χ1n) is 8.96. The minimum absolute atomic E-state index is 0.545. The number of hydrogen-bond donors (Lipinski definition) is 0. The zero-order chi connectivity index (χ0) is 15.6. The van der Waals surface area contributed by atoms with Crippen LogP contribution in [0, 0.1) is 5.92 Å². The third-order valence-electron chi connectivity index (χ3n) is 5.40. The molecule has 0 aromatic carbocycles. The van der Waals surface area contributed by atoms with Crippen LogP contribution in [-0.4, -0.2) is 52.3 Å². The van der Waals surface area contributed by atoms with Crippen molar-refractivity contribution in [3.8, 4) is 0 Å². The molecule has 0 bridgehead atoms. The Morgan fingerprint density at radius 3 is 2.91 bits per heavy atom. The highest BCUT2D eigenvalue weighted by Crippen LogP contribution is 2.30. The third-order valence-corrected chi connectivity index (χ3v) is 5.40. The van der Waals surface area contributed by atoms with E-state index in [-0.39, 0.29) is 0 Å². The summed E-state index contributed by atoms with van der Waals surface area (Å²) >= 11 is 0. The Bertz CT molecular complexity index is 662. The van der Waals surface area contributed by atoms with Crippen molar-refractivity contribution in [1.82, 2.24) is 19.4 Å². The van der Waals surface area contributed by atoms with Crippen LogP contribution in [0.2, 0.25) is 0 Å². The van der Waals surface area contributed by atoms with Gasteiger partial charge >= 0.3 is 0 Å². The lowest BCUT2D eigenvalue weighted by Crippen LogP contribution is -2.23. The molecule has 2 aromatic rings. The average Bonchev–Trinajstić information content (AvgIpc) is 3.21. The molecule has 1 atom stereocenters. The summed E-state index contributed by atoms with van der Waals surface area (Å²) in [4.78, 5) is 12.1. The molecule has 5 nitrogen and oxygen atoms in total. The summed E-state index contributed by atoms with van der Waals surface area (Å²) in [6.07, 6.45) is 5.40. The summed E-state index contributed by atoms with van der Waals surface area (Å²) in [5.41, 5.74) is 2.11. The number of imidazole rings is 1. The zero-order valence-electron chi connectivity index (χ0n) is 13.9. The van der Waals surface area contributed by atoms with E-state index in [4.69, 9.17) is 9.72 Å². The highest BCUT2D eigenvalue weighted by molar-refractivity contribution is 5.71. The maximum absolute atomic E-state index is 5.52. The first-order valence-corrected chi connectivity index (χ1v) is 8.96. The smallest absolute Gasteiger partial charge is 0.160 e. The van der Waals surface area contributed by atoms with Gasteiger partial charge in [0.1, 0.15) is 11.3 Å². The van der Waals surface area contributed by atoms with Gasteiger partial charge in [-0.2, -0.15) is 0 Å². The van der Waals surface area contributed by atoms with Gasteiger partial charge in [0.2, 0.25) is 0 Å². The molecule has 23 heavy (non-hydrogen) atoms. The van der Waals surface area contributed by atoms with E-state index in [1.54, 1.807) is 0 Å². The fraction of sp³-hybridized carbons (Fsp3) is 0.667. The van der Waals surface area contributed by atoms with Crippen LogP contribution in [-0.2, 0) is 11.3 Å². The molecule has 0 aliphatic carbocycles. The van der Waals surface area contributed by atoms with Crippen LogP contribution >= 0.6 is 0 Å². The molecule has 0 N–H and O–H groups in total. The summed E-state index contributed by atoms with van der Waals surface area (Å²) in [7, 11) is 0. The van der Waals surface area contributed by atoms with Gasteiger partial charge in [-0.3, -0.25) is 0 Å². The van der Waals surface area contributed by atoms with Crippen molar-refractivity contribution in [1.29, 1.82) is 0 Å². The van der Waals surface area contributed by atoms with Crippen molar-refractivity contribution >= 4 is 11.2 Å². The highest BCUT2D eigenvalue weighted by Gasteiger charge is 2.29. The number of ether oxygens (including phenoxy) is 1. The van der Waals surface area contributed by atoms with E-state index in [0.717, 1.165) is 56.9 Å². The van der Waals surface area contributed by atoms with E-state index in [0.29, 0.717) is 11.8 Å². The van der Waals surface area contributed by atoms with Gasteiger partial charge in [-0.25, -0.2) is 9.97 Å². The Labute approximate surface area is 137 Å². The van der Waals surface area contributed by atoms with Crippen molar-refractivity contribution in [2.24, 2.45) is 5.92 Å². The van der Waals surface area contributed by atoms with Crippen LogP contribution in [0.15, 0.2) is 18.3 Å². The van der Waals surface area contributed by atoms with Gasteiger partial charge in [-0.15, -0.1) is 0 Å². The molecular formula is C18H26N4O. The van der Waals surface area contributed by atoms with E-state index >= 15 is 0 Å². The topological polar surface area (TPSA) is 43.2 Å². The lowest BCUT2D eigenvalue weighted by atomic mass is 10.00. The van der Waals surface area contributed by atoms with Crippen LogP contribution in [0.25, 0.3) is 11.2 Å². The van der Waals surface area contributed by atoms with Crippen molar-refractivity contribution in [2.75, 3.05) is 32.8 Å². The average molecular weight is 314 g/mol. The number of hydrogen-bond acceptors (Lipinski definition) is 4. The summed E-state index contributed by atoms with van der Waals surface area (Å²) in [5, 5.41) is 0. The van der Waals surface area contributed by atoms with Crippen molar-refractivity contribution in [3.05, 3.63) is 24.2 Å². The fourth-order valence-electron chi connectivity index (χ4n) is 3.99. The molecule has 4 heterocycles. The van der Waals surface area contributed by atoms with Gasteiger partial charge in [-0.05, 0) is 50.4 Å². The Morgan fingerprint density at radius 1 is 1.26 bits per heavy atom. The van der Waals surface area contributed by atoms with Gasteiger partial charge in [0.15, 0.2) is 5.65 Å². The maximum atomic E-state index is 5.52. The normalized spacial score (nSPS) is 23.8. The number of rotatable bonds is 4. The Hall–Kier alpha value is -1.46. The SMILES string of the molecule is CCN1CCC(c2nc3cccnc3n2CC2CCOCC2)C1. The number of fused-ring (bicyclic) bond motifs is 1. The molecule has 2 fully saturated rings. The molecule has 4 rings (SSSR count). The minimum atomic E-state index is 0.545. The lowest BCUT2D eigenvalue weighted by molar-refractivity contribution is 0.0612. The molecule has 2 aliphatic rings. The number of aromatic nitrogens is 3. The first-order chi connectivity index (χ1) is 11.3. The summed E-state index contributed by atoms with van der Waals surface area (Å²) < 4.78 is 7.93. The van der Waals surface area contributed by atoms with Crippen molar-refractivity contribution in [2.45, 2.75) is 38.6 Å². The predicted molar refractivity (Wildman–Crippen MR) is 90.5 cm³/mol. The van der Waals surface area contributed by atoms with E-state index in [1.165, 1.54) is 18.8 Å². The Balaban J connectivity index is 1.66. The van der Waals surface area contributed by atoms with Crippen LogP contribution in [0.1, 0.15) is 37.9 Å². The second-order valence-corrected chi connectivity index (χ2v) is 6.86. The lowest BCUT2D eigenvalue weighted by Gasteiger charge is -2.24. The molecule has 0 spiro atoms. The predicted octanol–water partition coefficient (Wildman–Crippen LogP) is 2.67. The monoisotopic (exact) mass is 314 g/mol. The molecule has 0 saturated carbocycles. The summed E-state index contributed by atoms with van der Waals surface area (Å²) in [6.45, 7) is 8.53. The molecule has 124 valence electrons. The maximum Gasteiger partial charge on any atom is 0.160 e. The van der Waals surface area contributed by atoms with E-state index < -0.39 is 0 Å². The zero-order valence-corrected chi connectivity index (χ0v) is 13.9. The van der Waals surface area contributed by atoms with Crippen LogP contribution < -0.4 is 0 Å². The molecular weight excluding hydrogens is 288 g/mol. The molecule has 0 radical (unpaired) electrons. The number of nitrogens with zero attached hydrogens (tertiary/aromatic N) is 4. The molecule has 1 unspecified atom stereocenters. The van der Waals surface area contributed by atoms with Crippen LogP contribution in [0.3, 0.4) is 0 Å². The Morgan fingerprint density at radius 2 is 2.13 bits per heavy atom. The van der Waals surface area contributed by atoms with E-state index in [2.05, 4.69) is 27.4 Å². The molecule has 2 saturated heterocycles. The highest BCUT2D eigenvalue weighted by atomic mass is 16.5. The second-order valence-electron chi connectivity index (χ2n) is 6.86. The quantitative estimate of drug-likeness (QED) is 0.870. The summed E-state index contributed by atoms with van der Waals surface area (Å²) in [5.74, 6) is 2.48.